The van der Waals surface area contributed by atoms with Crippen LogP contribution in [0.2, 0.25) is 0 Å². The van der Waals surface area contributed by atoms with E-state index in [9.17, 15) is 0 Å². The molecule has 0 N–H and O–H groups in total. The molecule has 102 valence electrons. The molecule has 1 aromatic carbocycles. The SMILES string of the molecule is Cc1ncsc1-c1noc(-c2cccc3ccncc23)n1. The quantitative estimate of drug-likeness (QED) is 0.564. The number of hydrogen-bond acceptors (Lipinski definition) is 6. The Kier molecular flexibility index (Phi) is 2.75. The van der Waals surface area contributed by atoms with E-state index in [1.165, 1.54) is 11.3 Å². The van der Waals surface area contributed by atoms with Crippen molar-refractivity contribution in [1.82, 2.24) is 20.1 Å². The minimum atomic E-state index is 0.497. The van der Waals surface area contributed by atoms with Crippen molar-refractivity contribution in [2.45, 2.75) is 6.92 Å². The van der Waals surface area contributed by atoms with E-state index in [1.807, 2.05) is 37.4 Å². The highest BCUT2D eigenvalue weighted by atomic mass is 32.1. The summed E-state index contributed by atoms with van der Waals surface area (Å²) in [7, 11) is 0. The molecule has 0 spiro atoms. The first-order chi connectivity index (χ1) is 10.3. The number of fused-ring (bicyclic) bond motifs is 1. The van der Waals surface area contributed by atoms with Crippen LogP contribution < -0.4 is 0 Å². The van der Waals surface area contributed by atoms with E-state index in [0.717, 1.165) is 26.9 Å². The number of aromatic nitrogens is 4. The fraction of sp³-hybridized carbons (Fsp3) is 0.0667. The van der Waals surface area contributed by atoms with Crippen molar-refractivity contribution in [3.05, 3.63) is 47.9 Å². The number of aryl methyl sites for hydroxylation is 1. The Bertz CT molecular complexity index is 923. The van der Waals surface area contributed by atoms with Crippen molar-refractivity contribution < 1.29 is 4.52 Å². The maximum Gasteiger partial charge on any atom is 0.258 e. The van der Waals surface area contributed by atoms with Gasteiger partial charge in [0.1, 0.15) is 0 Å². The van der Waals surface area contributed by atoms with Gasteiger partial charge in [-0.25, -0.2) is 4.98 Å². The third-order valence-electron chi connectivity index (χ3n) is 3.29. The number of thiazole rings is 1. The molecule has 0 unspecified atom stereocenters. The van der Waals surface area contributed by atoms with Crippen LogP contribution >= 0.6 is 11.3 Å². The van der Waals surface area contributed by atoms with Gasteiger partial charge in [-0.1, -0.05) is 17.3 Å². The van der Waals surface area contributed by atoms with Gasteiger partial charge in [-0.05, 0) is 24.4 Å². The smallest absolute Gasteiger partial charge is 0.258 e. The van der Waals surface area contributed by atoms with Crippen molar-refractivity contribution in [2.24, 2.45) is 0 Å². The molecule has 4 rings (SSSR count). The van der Waals surface area contributed by atoms with E-state index in [2.05, 4.69) is 20.1 Å². The third kappa shape index (κ3) is 2.00. The van der Waals surface area contributed by atoms with Gasteiger partial charge in [-0.3, -0.25) is 4.98 Å². The van der Waals surface area contributed by atoms with Gasteiger partial charge in [0, 0.05) is 23.3 Å². The maximum atomic E-state index is 5.43. The summed E-state index contributed by atoms with van der Waals surface area (Å²) < 4.78 is 5.43. The standard InChI is InChI=1S/C15H10N4OS/c1-9-13(21-8-17-9)14-18-15(20-19-14)11-4-2-3-10-5-6-16-7-12(10)11/h2-8H,1H3. The Morgan fingerprint density at radius 2 is 2.14 bits per heavy atom. The van der Waals surface area contributed by atoms with Crippen LogP contribution in [0, 0.1) is 6.92 Å². The number of nitrogens with zero attached hydrogens (tertiary/aromatic N) is 4. The molecule has 0 radical (unpaired) electrons. The highest BCUT2D eigenvalue weighted by molar-refractivity contribution is 7.13. The van der Waals surface area contributed by atoms with E-state index in [4.69, 9.17) is 4.52 Å². The number of rotatable bonds is 2. The molecule has 0 saturated heterocycles. The average Bonchev–Trinajstić information content (AvgIpc) is 3.15. The fourth-order valence-corrected chi connectivity index (χ4v) is 2.97. The molecular formula is C15H10N4OS. The van der Waals surface area contributed by atoms with E-state index in [1.54, 1.807) is 11.7 Å². The molecule has 21 heavy (non-hydrogen) atoms. The fourth-order valence-electron chi connectivity index (χ4n) is 2.24. The lowest BCUT2D eigenvalue weighted by Crippen LogP contribution is -1.83. The van der Waals surface area contributed by atoms with Gasteiger partial charge in [0.15, 0.2) is 0 Å². The molecule has 3 aromatic heterocycles. The predicted molar refractivity (Wildman–Crippen MR) is 80.9 cm³/mol. The number of hydrogen-bond donors (Lipinski definition) is 0. The highest BCUT2D eigenvalue weighted by Gasteiger charge is 2.15. The summed E-state index contributed by atoms with van der Waals surface area (Å²) in [4.78, 5) is 13.8. The van der Waals surface area contributed by atoms with Gasteiger partial charge in [-0.2, -0.15) is 4.98 Å². The van der Waals surface area contributed by atoms with Crippen LogP contribution in [0.1, 0.15) is 5.69 Å². The molecule has 0 aliphatic carbocycles. The molecule has 0 bridgehead atoms. The van der Waals surface area contributed by atoms with Crippen molar-refractivity contribution in [2.75, 3.05) is 0 Å². The molecule has 0 saturated carbocycles. The first-order valence-corrected chi connectivity index (χ1v) is 7.28. The summed E-state index contributed by atoms with van der Waals surface area (Å²) in [6.45, 7) is 1.93. The van der Waals surface area contributed by atoms with Gasteiger partial charge in [0.05, 0.1) is 16.1 Å². The molecule has 4 aromatic rings. The maximum absolute atomic E-state index is 5.43. The van der Waals surface area contributed by atoms with Crippen LogP contribution in [0.25, 0.3) is 32.9 Å². The molecule has 0 amide bonds. The molecule has 0 fully saturated rings. The topological polar surface area (TPSA) is 64.7 Å². The van der Waals surface area contributed by atoms with Gasteiger partial charge in [-0.15, -0.1) is 11.3 Å². The van der Waals surface area contributed by atoms with Crippen LogP contribution in [-0.4, -0.2) is 20.1 Å². The summed E-state index contributed by atoms with van der Waals surface area (Å²) in [6, 6.07) is 7.93. The lowest BCUT2D eigenvalue weighted by Gasteiger charge is -2.00. The minimum Gasteiger partial charge on any atom is -0.334 e. The summed E-state index contributed by atoms with van der Waals surface area (Å²) >= 11 is 1.51. The van der Waals surface area contributed by atoms with Crippen molar-refractivity contribution in [1.29, 1.82) is 0 Å². The molecular weight excluding hydrogens is 284 g/mol. The van der Waals surface area contributed by atoms with Crippen molar-refractivity contribution in [3.8, 4) is 22.2 Å². The summed E-state index contributed by atoms with van der Waals surface area (Å²) in [6.07, 6.45) is 3.58. The van der Waals surface area contributed by atoms with E-state index in [0.29, 0.717) is 11.7 Å². The Morgan fingerprint density at radius 1 is 1.19 bits per heavy atom. The zero-order chi connectivity index (χ0) is 14.2. The Hall–Kier alpha value is -2.60. The van der Waals surface area contributed by atoms with Crippen LogP contribution in [0.5, 0.6) is 0 Å². The molecule has 0 atom stereocenters. The summed E-state index contributed by atoms with van der Waals surface area (Å²) in [5.41, 5.74) is 3.58. The predicted octanol–water partition coefficient (Wildman–Crippen LogP) is 3.72. The molecule has 5 nitrogen and oxygen atoms in total. The summed E-state index contributed by atoms with van der Waals surface area (Å²) in [5.74, 6) is 1.07. The van der Waals surface area contributed by atoms with Crippen molar-refractivity contribution in [3.63, 3.8) is 0 Å². The first kappa shape index (κ1) is 12.2. The average molecular weight is 294 g/mol. The summed E-state index contributed by atoms with van der Waals surface area (Å²) in [5, 5.41) is 6.16. The van der Waals surface area contributed by atoms with Crippen molar-refractivity contribution >= 4 is 22.1 Å². The normalized spacial score (nSPS) is 11.1. The van der Waals surface area contributed by atoms with Gasteiger partial charge >= 0.3 is 0 Å². The second-order valence-corrected chi connectivity index (χ2v) is 5.45. The Morgan fingerprint density at radius 3 is 3.00 bits per heavy atom. The third-order valence-corrected chi connectivity index (χ3v) is 4.21. The van der Waals surface area contributed by atoms with Gasteiger partial charge in [0.25, 0.3) is 5.89 Å². The van der Waals surface area contributed by atoms with Crippen LogP contribution in [-0.2, 0) is 0 Å². The lowest BCUT2D eigenvalue weighted by molar-refractivity contribution is 0.433. The molecule has 0 aliphatic rings. The molecule has 3 heterocycles. The van der Waals surface area contributed by atoms with Crippen LogP contribution in [0.4, 0.5) is 0 Å². The molecule has 0 aliphatic heterocycles. The number of benzene rings is 1. The Labute approximate surface area is 124 Å². The number of pyridine rings is 1. The van der Waals surface area contributed by atoms with Crippen LogP contribution in [0.3, 0.4) is 0 Å². The highest BCUT2D eigenvalue weighted by Crippen LogP contribution is 2.30. The monoisotopic (exact) mass is 294 g/mol. The zero-order valence-corrected chi connectivity index (χ0v) is 12.0. The first-order valence-electron chi connectivity index (χ1n) is 6.40. The van der Waals surface area contributed by atoms with Gasteiger partial charge in [0.2, 0.25) is 5.82 Å². The second-order valence-electron chi connectivity index (χ2n) is 4.59. The minimum absolute atomic E-state index is 0.497. The molecule has 6 heteroatoms. The largest absolute Gasteiger partial charge is 0.334 e. The second kappa shape index (κ2) is 4.75. The Balaban J connectivity index is 1.87. The lowest BCUT2D eigenvalue weighted by atomic mass is 10.1. The van der Waals surface area contributed by atoms with E-state index in [-0.39, 0.29) is 0 Å². The van der Waals surface area contributed by atoms with Crippen LogP contribution in [0.15, 0.2) is 46.7 Å². The van der Waals surface area contributed by atoms with E-state index < -0.39 is 0 Å². The van der Waals surface area contributed by atoms with E-state index >= 15 is 0 Å². The van der Waals surface area contributed by atoms with Gasteiger partial charge < -0.3 is 4.52 Å². The zero-order valence-electron chi connectivity index (χ0n) is 11.1.